The number of nitrogens with two attached hydrogens (primary N) is 1. The number of nitrogens with one attached hydrogen (secondary N) is 1. The molecule has 4 nitrogen and oxygen atoms in total. The van der Waals surface area contributed by atoms with Gasteiger partial charge in [-0.2, -0.15) is 0 Å². The number of hydrogen-bond acceptors (Lipinski definition) is 3. The van der Waals surface area contributed by atoms with Gasteiger partial charge in [-0.25, -0.2) is 0 Å². The zero-order valence-electron chi connectivity index (χ0n) is 10.4. The Morgan fingerprint density at radius 3 is 2.83 bits per heavy atom. The molecule has 18 heavy (non-hydrogen) atoms. The van der Waals surface area contributed by atoms with Crippen LogP contribution < -0.4 is 11.1 Å². The zero-order valence-corrected chi connectivity index (χ0v) is 11.3. The Hall–Kier alpha value is -1.36. The molecule has 0 aliphatic heterocycles. The number of rotatable bonds is 5. The summed E-state index contributed by atoms with van der Waals surface area (Å²) in [4.78, 5) is 12.5. The van der Waals surface area contributed by atoms with Gasteiger partial charge in [-0.05, 0) is 31.9 Å². The minimum atomic E-state index is -0.604. The number of carbonyl (C=O) groups excluding carboxylic acids is 1. The molecule has 98 valence electrons. The van der Waals surface area contributed by atoms with Crippen LogP contribution in [0.15, 0.2) is 22.8 Å². The predicted octanol–water partition coefficient (Wildman–Crippen LogP) is 1.78. The highest BCUT2D eigenvalue weighted by Crippen LogP contribution is 2.41. The standard InChI is InChI=1S/C13H18N2O2S/c1-9(8-10-4-2-7-17-10)15-12(16)13(11(14)18)5-3-6-13/h2,4,7,9H,3,5-6,8H2,1H3,(H2,14,18)(H,15,16). The van der Waals surface area contributed by atoms with Gasteiger partial charge in [0.05, 0.1) is 16.7 Å². The zero-order chi connectivity index (χ0) is 13.2. The van der Waals surface area contributed by atoms with Crippen molar-refractivity contribution < 1.29 is 9.21 Å². The van der Waals surface area contributed by atoms with Gasteiger partial charge in [0.1, 0.15) is 5.76 Å². The predicted molar refractivity (Wildman–Crippen MR) is 73.1 cm³/mol. The molecular weight excluding hydrogens is 248 g/mol. The third-order valence-corrected chi connectivity index (χ3v) is 3.97. The summed E-state index contributed by atoms with van der Waals surface area (Å²) in [6, 6.07) is 3.75. The molecule has 1 aromatic heterocycles. The summed E-state index contributed by atoms with van der Waals surface area (Å²) < 4.78 is 5.26. The highest BCUT2D eigenvalue weighted by Gasteiger charge is 2.47. The monoisotopic (exact) mass is 266 g/mol. The molecule has 0 radical (unpaired) electrons. The first-order valence-electron chi connectivity index (χ1n) is 6.18. The Bertz CT molecular complexity index is 438. The van der Waals surface area contributed by atoms with E-state index in [0.717, 1.165) is 25.0 Å². The Morgan fingerprint density at radius 1 is 1.67 bits per heavy atom. The summed E-state index contributed by atoms with van der Waals surface area (Å²) in [5.41, 5.74) is 5.09. The first-order chi connectivity index (χ1) is 8.54. The molecule has 0 spiro atoms. The van der Waals surface area contributed by atoms with Gasteiger partial charge in [0.2, 0.25) is 5.91 Å². The maximum atomic E-state index is 12.2. The summed E-state index contributed by atoms with van der Waals surface area (Å²) in [5.74, 6) is 0.820. The Kier molecular flexibility index (Phi) is 3.71. The largest absolute Gasteiger partial charge is 0.469 e. The molecule has 2 rings (SSSR count). The van der Waals surface area contributed by atoms with Crippen LogP contribution >= 0.6 is 12.2 Å². The lowest BCUT2D eigenvalue weighted by Crippen LogP contribution is -2.55. The second-order valence-corrected chi connectivity index (χ2v) is 5.40. The molecule has 5 heteroatoms. The second kappa shape index (κ2) is 5.10. The molecule has 1 aromatic rings. The fraction of sp³-hybridized carbons (Fsp3) is 0.538. The summed E-state index contributed by atoms with van der Waals surface area (Å²) >= 11 is 5.02. The van der Waals surface area contributed by atoms with E-state index in [9.17, 15) is 4.79 Å². The molecule has 1 amide bonds. The van der Waals surface area contributed by atoms with Crippen molar-refractivity contribution in [1.29, 1.82) is 0 Å². The normalized spacial score (nSPS) is 18.7. The SMILES string of the molecule is CC(Cc1ccco1)NC(=O)C1(C(N)=S)CCC1. The number of amides is 1. The molecular formula is C13H18N2O2S. The van der Waals surface area contributed by atoms with Crippen molar-refractivity contribution in [2.75, 3.05) is 0 Å². The van der Waals surface area contributed by atoms with Crippen molar-refractivity contribution in [3.8, 4) is 0 Å². The molecule has 0 aromatic carbocycles. The van der Waals surface area contributed by atoms with E-state index in [1.165, 1.54) is 0 Å². The maximum Gasteiger partial charge on any atom is 0.233 e. The Balaban J connectivity index is 1.92. The molecule has 0 saturated heterocycles. The molecule has 1 fully saturated rings. The lowest BCUT2D eigenvalue weighted by atomic mass is 9.68. The highest BCUT2D eigenvalue weighted by molar-refractivity contribution is 7.80. The van der Waals surface area contributed by atoms with Gasteiger partial charge in [-0.15, -0.1) is 0 Å². The molecule has 0 bridgehead atoms. The van der Waals surface area contributed by atoms with Gasteiger partial charge >= 0.3 is 0 Å². The molecule has 1 aliphatic carbocycles. The van der Waals surface area contributed by atoms with Gasteiger partial charge in [0.25, 0.3) is 0 Å². The van der Waals surface area contributed by atoms with E-state index in [2.05, 4.69) is 5.32 Å². The van der Waals surface area contributed by atoms with Crippen molar-refractivity contribution in [2.24, 2.45) is 11.1 Å². The van der Waals surface area contributed by atoms with Crippen LogP contribution in [0, 0.1) is 5.41 Å². The third kappa shape index (κ3) is 2.41. The molecule has 3 N–H and O–H groups in total. The van der Waals surface area contributed by atoms with E-state index in [0.29, 0.717) is 11.4 Å². The average Bonchev–Trinajstić information content (AvgIpc) is 2.66. The van der Waals surface area contributed by atoms with Crippen LogP contribution in [0.1, 0.15) is 31.9 Å². The van der Waals surface area contributed by atoms with Crippen LogP contribution in [0.2, 0.25) is 0 Å². The smallest absolute Gasteiger partial charge is 0.233 e. The van der Waals surface area contributed by atoms with Crippen LogP contribution in [-0.2, 0) is 11.2 Å². The first kappa shape index (κ1) is 13.1. The third-order valence-electron chi connectivity index (χ3n) is 3.58. The molecule has 1 heterocycles. The molecule has 1 unspecified atom stereocenters. The van der Waals surface area contributed by atoms with Crippen molar-refractivity contribution in [1.82, 2.24) is 5.32 Å². The molecule has 1 aliphatic rings. The summed E-state index contributed by atoms with van der Waals surface area (Å²) in [7, 11) is 0. The Labute approximate surface area is 112 Å². The fourth-order valence-electron chi connectivity index (χ4n) is 2.26. The minimum absolute atomic E-state index is 0.00970. The van der Waals surface area contributed by atoms with E-state index >= 15 is 0 Å². The van der Waals surface area contributed by atoms with Crippen LogP contribution in [0.25, 0.3) is 0 Å². The van der Waals surface area contributed by atoms with Crippen molar-refractivity contribution in [2.45, 2.75) is 38.6 Å². The molecule has 1 atom stereocenters. The van der Waals surface area contributed by atoms with Crippen LogP contribution in [-0.4, -0.2) is 16.9 Å². The summed E-state index contributed by atoms with van der Waals surface area (Å²) in [6.45, 7) is 1.95. The van der Waals surface area contributed by atoms with E-state index in [1.54, 1.807) is 6.26 Å². The van der Waals surface area contributed by atoms with Crippen molar-refractivity contribution >= 4 is 23.1 Å². The number of hydrogen-bond donors (Lipinski definition) is 2. The topological polar surface area (TPSA) is 68.3 Å². The van der Waals surface area contributed by atoms with Crippen LogP contribution in [0.3, 0.4) is 0 Å². The molecule has 1 saturated carbocycles. The van der Waals surface area contributed by atoms with Crippen LogP contribution in [0.5, 0.6) is 0 Å². The average molecular weight is 266 g/mol. The quantitative estimate of drug-likeness (QED) is 0.797. The number of thiocarbonyl (C=S) groups is 1. The van der Waals surface area contributed by atoms with Gasteiger partial charge in [0, 0.05) is 12.5 Å². The second-order valence-electron chi connectivity index (χ2n) is 4.96. The van der Waals surface area contributed by atoms with Gasteiger partial charge in [-0.3, -0.25) is 4.79 Å². The van der Waals surface area contributed by atoms with Gasteiger partial charge in [-0.1, -0.05) is 18.6 Å². The summed E-state index contributed by atoms with van der Waals surface area (Å²) in [5, 5.41) is 2.98. The Morgan fingerprint density at radius 2 is 2.39 bits per heavy atom. The lowest BCUT2D eigenvalue weighted by molar-refractivity contribution is -0.131. The number of carbonyl (C=O) groups is 1. The lowest BCUT2D eigenvalue weighted by Gasteiger charge is -2.39. The first-order valence-corrected chi connectivity index (χ1v) is 6.59. The number of furan rings is 1. The van der Waals surface area contributed by atoms with Crippen LogP contribution in [0.4, 0.5) is 0 Å². The minimum Gasteiger partial charge on any atom is -0.469 e. The van der Waals surface area contributed by atoms with E-state index < -0.39 is 5.41 Å². The van der Waals surface area contributed by atoms with E-state index in [-0.39, 0.29) is 11.9 Å². The maximum absolute atomic E-state index is 12.2. The van der Waals surface area contributed by atoms with Gasteiger partial charge < -0.3 is 15.5 Å². The summed E-state index contributed by atoms with van der Waals surface area (Å²) in [6.07, 6.45) is 4.85. The van der Waals surface area contributed by atoms with Gasteiger partial charge in [0.15, 0.2) is 0 Å². The fourth-order valence-corrected chi connectivity index (χ4v) is 2.56. The van der Waals surface area contributed by atoms with E-state index in [1.807, 2.05) is 19.1 Å². The van der Waals surface area contributed by atoms with Crippen molar-refractivity contribution in [3.63, 3.8) is 0 Å². The van der Waals surface area contributed by atoms with Crippen molar-refractivity contribution in [3.05, 3.63) is 24.2 Å². The highest BCUT2D eigenvalue weighted by atomic mass is 32.1. The van der Waals surface area contributed by atoms with E-state index in [4.69, 9.17) is 22.4 Å².